The Labute approximate surface area is 152 Å². The summed E-state index contributed by atoms with van der Waals surface area (Å²) in [5.74, 6) is -0.940. The summed E-state index contributed by atoms with van der Waals surface area (Å²) in [6.45, 7) is 0.416. The van der Waals surface area contributed by atoms with Crippen molar-refractivity contribution < 1.29 is 9.90 Å². The van der Waals surface area contributed by atoms with Gasteiger partial charge in [-0.15, -0.1) is 11.3 Å². The highest BCUT2D eigenvalue weighted by molar-refractivity contribution is 7.13. The number of fused-ring (bicyclic) bond motifs is 1. The van der Waals surface area contributed by atoms with Crippen LogP contribution in [0.25, 0.3) is 21.5 Å². The Morgan fingerprint density at radius 3 is 2.68 bits per heavy atom. The van der Waals surface area contributed by atoms with E-state index in [0.717, 1.165) is 27.2 Å². The molecule has 4 nitrogen and oxygen atoms in total. The molecule has 0 fully saturated rings. The molecule has 0 saturated carbocycles. The predicted molar refractivity (Wildman–Crippen MR) is 101 cm³/mol. The van der Waals surface area contributed by atoms with Crippen molar-refractivity contribution in [3.05, 3.63) is 76.4 Å². The molecule has 6 heteroatoms. The Morgan fingerprint density at radius 2 is 1.92 bits per heavy atom. The highest BCUT2D eigenvalue weighted by Gasteiger charge is 2.16. The highest BCUT2D eigenvalue weighted by atomic mass is 35.5. The van der Waals surface area contributed by atoms with Crippen molar-refractivity contribution >= 4 is 39.8 Å². The second kappa shape index (κ2) is 6.35. The molecular weight excluding hydrogens is 356 g/mol. The molecule has 2 aromatic heterocycles. The molecule has 0 amide bonds. The second-order valence-electron chi connectivity index (χ2n) is 5.63. The van der Waals surface area contributed by atoms with Gasteiger partial charge >= 0.3 is 5.97 Å². The van der Waals surface area contributed by atoms with E-state index in [-0.39, 0.29) is 5.69 Å². The van der Waals surface area contributed by atoms with Crippen LogP contribution in [0.15, 0.2) is 60.0 Å². The molecule has 0 aliphatic carbocycles. The molecule has 124 valence electrons. The Hall–Kier alpha value is -2.63. The summed E-state index contributed by atoms with van der Waals surface area (Å²) < 4.78 is 1.79. The molecule has 2 heterocycles. The minimum Gasteiger partial charge on any atom is -0.477 e. The van der Waals surface area contributed by atoms with Gasteiger partial charge in [0.25, 0.3) is 0 Å². The molecule has 0 unspecified atom stereocenters. The minimum atomic E-state index is -0.940. The number of carboxylic acids is 1. The van der Waals surface area contributed by atoms with Gasteiger partial charge in [-0.3, -0.25) is 0 Å². The molecule has 2 aromatic carbocycles. The molecule has 0 atom stereocenters. The highest BCUT2D eigenvalue weighted by Crippen LogP contribution is 2.27. The number of aromatic nitrogens is 2. The fourth-order valence-electron chi connectivity index (χ4n) is 2.82. The van der Waals surface area contributed by atoms with Crippen LogP contribution in [-0.4, -0.2) is 20.6 Å². The molecule has 4 rings (SSSR count). The zero-order chi connectivity index (χ0) is 17.4. The summed E-state index contributed by atoms with van der Waals surface area (Å²) in [5, 5.41) is 14.0. The van der Waals surface area contributed by atoms with E-state index < -0.39 is 5.97 Å². The Bertz CT molecular complexity index is 1070. The maximum absolute atomic E-state index is 11.6. The van der Waals surface area contributed by atoms with Gasteiger partial charge in [0.15, 0.2) is 0 Å². The Morgan fingerprint density at radius 1 is 1.16 bits per heavy atom. The van der Waals surface area contributed by atoms with Crippen molar-refractivity contribution in [2.75, 3.05) is 0 Å². The lowest BCUT2D eigenvalue weighted by atomic mass is 10.2. The van der Waals surface area contributed by atoms with Crippen LogP contribution >= 0.6 is 22.9 Å². The first-order valence-electron chi connectivity index (χ1n) is 7.64. The average Bonchev–Trinajstić information content (AvgIpc) is 3.21. The first-order valence-corrected chi connectivity index (χ1v) is 8.89. The number of carboxylic acid groups (broad SMARTS) is 1. The van der Waals surface area contributed by atoms with Crippen LogP contribution in [0.2, 0.25) is 5.02 Å². The van der Waals surface area contributed by atoms with Crippen molar-refractivity contribution in [2.45, 2.75) is 6.54 Å². The Kier molecular flexibility index (Phi) is 4.03. The van der Waals surface area contributed by atoms with Crippen LogP contribution in [-0.2, 0) is 6.54 Å². The molecule has 0 bridgehead atoms. The van der Waals surface area contributed by atoms with Crippen LogP contribution < -0.4 is 0 Å². The molecule has 25 heavy (non-hydrogen) atoms. The fraction of sp³-hybridized carbons (Fsp3) is 0.0526. The van der Waals surface area contributed by atoms with E-state index in [9.17, 15) is 9.90 Å². The van der Waals surface area contributed by atoms with E-state index in [2.05, 4.69) is 4.98 Å². The van der Waals surface area contributed by atoms with Gasteiger partial charge in [-0.2, -0.15) is 0 Å². The van der Waals surface area contributed by atoms with Gasteiger partial charge in [-0.05, 0) is 24.3 Å². The number of rotatable bonds is 4. The van der Waals surface area contributed by atoms with Crippen molar-refractivity contribution in [3.8, 4) is 10.6 Å². The van der Waals surface area contributed by atoms with E-state index in [0.29, 0.717) is 11.6 Å². The van der Waals surface area contributed by atoms with Gasteiger partial charge in [-0.1, -0.05) is 41.9 Å². The number of halogens is 1. The number of carbonyl (C=O) groups is 1. The number of benzene rings is 2. The zero-order valence-electron chi connectivity index (χ0n) is 13.0. The number of para-hydroxylation sites is 1. The zero-order valence-corrected chi connectivity index (χ0v) is 14.6. The van der Waals surface area contributed by atoms with Gasteiger partial charge < -0.3 is 9.67 Å². The predicted octanol–water partition coefficient (Wildman–Crippen LogP) is 5.16. The van der Waals surface area contributed by atoms with E-state index in [4.69, 9.17) is 11.6 Å². The number of aromatic carboxylic acids is 1. The SMILES string of the molecule is O=C(O)c1cc2ccccc2n1Cc1csc(-c2ccc(Cl)cc2)n1. The van der Waals surface area contributed by atoms with Crippen LogP contribution in [0.4, 0.5) is 0 Å². The quantitative estimate of drug-likeness (QED) is 0.541. The lowest BCUT2D eigenvalue weighted by Crippen LogP contribution is -2.09. The van der Waals surface area contributed by atoms with Gasteiger partial charge in [0.2, 0.25) is 0 Å². The monoisotopic (exact) mass is 368 g/mol. The number of hydrogen-bond acceptors (Lipinski definition) is 3. The third kappa shape index (κ3) is 3.04. The van der Waals surface area contributed by atoms with E-state index in [1.54, 1.807) is 10.6 Å². The molecule has 0 radical (unpaired) electrons. The lowest BCUT2D eigenvalue weighted by molar-refractivity contribution is 0.0686. The standard InChI is InChI=1S/C19H13ClN2O2S/c20-14-7-5-12(6-8-14)18-21-15(11-25-18)10-22-16-4-2-1-3-13(16)9-17(22)19(23)24/h1-9,11H,10H2,(H,23,24). The summed E-state index contributed by atoms with van der Waals surface area (Å²) >= 11 is 7.46. The maximum atomic E-state index is 11.6. The smallest absolute Gasteiger partial charge is 0.352 e. The Balaban J connectivity index is 1.71. The van der Waals surface area contributed by atoms with Crippen molar-refractivity contribution in [1.29, 1.82) is 0 Å². The van der Waals surface area contributed by atoms with Crippen molar-refractivity contribution in [2.24, 2.45) is 0 Å². The molecule has 0 saturated heterocycles. The number of hydrogen-bond donors (Lipinski definition) is 1. The normalized spacial score (nSPS) is 11.1. The first kappa shape index (κ1) is 15.9. The largest absolute Gasteiger partial charge is 0.477 e. The fourth-order valence-corrected chi connectivity index (χ4v) is 3.77. The first-order chi connectivity index (χ1) is 12.1. The van der Waals surface area contributed by atoms with E-state index >= 15 is 0 Å². The third-order valence-electron chi connectivity index (χ3n) is 3.99. The summed E-state index contributed by atoms with van der Waals surface area (Å²) in [7, 11) is 0. The van der Waals surface area contributed by atoms with Gasteiger partial charge in [0.1, 0.15) is 10.7 Å². The number of nitrogens with zero attached hydrogens (tertiary/aromatic N) is 2. The molecule has 4 aromatic rings. The third-order valence-corrected chi connectivity index (χ3v) is 5.18. The van der Waals surface area contributed by atoms with Gasteiger partial charge in [-0.25, -0.2) is 9.78 Å². The summed E-state index contributed by atoms with van der Waals surface area (Å²) in [6.07, 6.45) is 0. The van der Waals surface area contributed by atoms with Crippen molar-refractivity contribution in [3.63, 3.8) is 0 Å². The average molecular weight is 369 g/mol. The molecule has 0 aliphatic rings. The molecule has 1 N–H and O–H groups in total. The van der Waals surface area contributed by atoms with E-state index in [1.807, 2.05) is 53.9 Å². The van der Waals surface area contributed by atoms with E-state index in [1.165, 1.54) is 11.3 Å². The number of thiazole rings is 1. The molecular formula is C19H13ClN2O2S. The van der Waals surface area contributed by atoms with Crippen LogP contribution in [0.1, 0.15) is 16.2 Å². The van der Waals surface area contributed by atoms with Crippen molar-refractivity contribution in [1.82, 2.24) is 9.55 Å². The van der Waals surface area contributed by atoms with Crippen LogP contribution in [0.5, 0.6) is 0 Å². The van der Waals surface area contributed by atoms with Crippen LogP contribution in [0, 0.1) is 0 Å². The van der Waals surface area contributed by atoms with Gasteiger partial charge in [0, 0.05) is 26.9 Å². The topological polar surface area (TPSA) is 55.1 Å². The minimum absolute atomic E-state index is 0.266. The molecule has 0 aliphatic heterocycles. The second-order valence-corrected chi connectivity index (χ2v) is 6.93. The van der Waals surface area contributed by atoms with Gasteiger partial charge in [0.05, 0.1) is 12.2 Å². The maximum Gasteiger partial charge on any atom is 0.352 e. The summed E-state index contributed by atoms with van der Waals surface area (Å²) in [6, 6.07) is 16.9. The van der Waals surface area contributed by atoms with Crippen LogP contribution in [0.3, 0.4) is 0 Å². The lowest BCUT2D eigenvalue weighted by Gasteiger charge is -2.06. The summed E-state index contributed by atoms with van der Waals surface area (Å²) in [5.41, 5.74) is 2.98. The molecule has 0 spiro atoms. The summed E-state index contributed by atoms with van der Waals surface area (Å²) in [4.78, 5) is 16.2.